The lowest BCUT2D eigenvalue weighted by atomic mass is 10.2. The van der Waals surface area contributed by atoms with Gasteiger partial charge < -0.3 is 14.5 Å². The molecule has 0 radical (unpaired) electrons. The summed E-state index contributed by atoms with van der Waals surface area (Å²) in [5.41, 5.74) is 2.33. The van der Waals surface area contributed by atoms with E-state index < -0.39 is 0 Å². The molecule has 2 aromatic rings. The number of hydrogen-bond acceptors (Lipinski definition) is 3. The first-order valence-corrected chi connectivity index (χ1v) is 7.10. The maximum absolute atomic E-state index is 5.79. The van der Waals surface area contributed by atoms with Crippen molar-refractivity contribution in [2.24, 2.45) is 5.92 Å². The van der Waals surface area contributed by atoms with Crippen molar-refractivity contribution < 1.29 is 9.15 Å². The molecule has 0 aliphatic heterocycles. The fourth-order valence-corrected chi connectivity index (χ4v) is 1.92. The standard InChI is InChI=1S/C17H23NO2/c1-13(2)10-18-11-17-15(8-9-19-17)12-20-16-6-4-14(3)5-7-16/h4-9,13,18H,10-12H2,1-3H3. The van der Waals surface area contributed by atoms with E-state index in [-0.39, 0.29) is 0 Å². The quantitative estimate of drug-likeness (QED) is 0.830. The van der Waals surface area contributed by atoms with E-state index >= 15 is 0 Å². The number of benzene rings is 1. The summed E-state index contributed by atoms with van der Waals surface area (Å²) in [4.78, 5) is 0. The van der Waals surface area contributed by atoms with Gasteiger partial charge in [-0.3, -0.25) is 0 Å². The molecule has 1 aromatic carbocycles. The highest BCUT2D eigenvalue weighted by Gasteiger charge is 2.07. The fourth-order valence-electron chi connectivity index (χ4n) is 1.92. The predicted octanol–water partition coefficient (Wildman–Crippen LogP) is 3.91. The second-order valence-corrected chi connectivity index (χ2v) is 5.50. The third-order valence-electron chi connectivity index (χ3n) is 3.09. The molecule has 0 aliphatic rings. The smallest absolute Gasteiger partial charge is 0.124 e. The van der Waals surface area contributed by atoms with Crippen LogP contribution in [0.25, 0.3) is 0 Å². The molecule has 2 rings (SSSR count). The lowest BCUT2D eigenvalue weighted by Gasteiger charge is -2.09. The molecule has 20 heavy (non-hydrogen) atoms. The van der Waals surface area contributed by atoms with Crippen molar-refractivity contribution in [3.05, 3.63) is 53.5 Å². The van der Waals surface area contributed by atoms with Crippen molar-refractivity contribution in [1.29, 1.82) is 0 Å². The maximum atomic E-state index is 5.79. The number of nitrogens with one attached hydrogen (secondary N) is 1. The number of ether oxygens (including phenoxy) is 1. The first kappa shape index (κ1) is 14.7. The Kier molecular flexibility index (Phi) is 5.24. The Hall–Kier alpha value is -1.74. The lowest BCUT2D eigenvalue weighted by Crippen LogP contribution is -2.19. The van der Waals surface area contributed by atoms with Gasteiger partial charge in [-0.25, -0.2) is 0 Å². The van der Waals surface area contributed by atoms with Crippen LogP contribution in [0.4, 0.5) is 0 Å². The minimum Gasteiger partial charge on any atom is -0.489 e. The molecule has 108 valence electrons. The van der Waals surface area contributed by atoms with Gasteiger partial charge in [0.2, 0.25) is 0 Å². The molecule has 0 saturated carbocycles. The molecule has 3 heteroatoms. The number of rotatable bonds is 7. The Morgan fingerprint density at radius 1 is 1.15 bits per heavy atom. The molecule has 1 N–H and O–H groups in total. The molecular weight excluding hydrogens is 250 g/mol. The monoisotopic (exact) mass is 273 g/mol. The van der Waals surface area contributed by atoms with E-state index in [1.54, 1.807) is 6.26 Å². The summed E-state index contributed by atoms with van der Waals surface area (Å²) in [5, 5.41) is 3.38. The van der Waals surface area contributed by atoms with E-state index in [1.165, 1.54) is 5.56 Å². The first-order valence-electron chi connectivity index (χ1n) is 7.10. The molecule has 1 aromatic heterocycles. The van der Waals surface area contributed by atoms with E-state index in [1.807, 2.05) is 18.2 Å². The zero-order valence-electron chi connectivity index (χ0n) is 12.5. The Labute approximate surface area is 121 Å². The first-order chi connectivity index (χ1) is 9.65. The topological polar surface area (TPSA) is 34.4 Å². The largest absolute Gasteiger partial charge is 0.489 e. The van der Waals surface area contributed by atoms with Crippen LogP contribution in [0.15, 0.2) is 41.0 Å². The van der Waals surface area contributed by atoms with Gasteiger partial charge >= 0.3 is 0 Å². The molecule has 0 amide bonds. The molecule has 0 spiro atoms. The molecule has 0 aliphatic carbocycles. The van der Waals surface area contributed by atoms with Crippen LogP contribution in [-0.2, 0) is 13.2 Å². The second kappa shape index (κ2) is 7.15. The Morgan fingerprint density at radius 2 is 1.90 bits per heavy atom. The van der Waals surface area contributed by atoms with Crippen LogP contribution in [0, 0.1) is 12.8 Å². The minimum atomic E-state index is 0.540. The molecular formula is C17H23NO2. The second-order valence-electron chi connectivity index (χ2n) is 5.50. The number of furan rings is 1. The van der Waals surface area contributed by atoms with Gasteiger partial charge in [-0.2, -0.15) is 0 Å². The molecule has 0 atom stereocenters. The van der Waals surface area contributed by atoms with Crippen molar-refractivity contribution in [2.75, 3.05) is 6.54 Å². The average molecular weight is 273 g/mol. The summed E-state index contributed by atoms with van der Waals surface area (Å²) >= 11 is 0. The van der Waals surface area contributed by atoms with Crippen molar-refractivity contribution in [3.63, 3.8) is 0 Å². The Bertz CT molecular complexity index is 514. The van der Waals surface area contributed by atoms with Gasteiger partial charge in [-0.05, 0) is 37.6 Å². The zero-order valence-corrected chi connectivity index (χ0v) is 12.5. The molecule has 0 bridgehead atoms. The molecule has 0 fully saturated rings. The minimum absolute atomic E-state index is 0.540. The molecule has 1 heterocycles. The van der Waals surface area contributed by atoms with Gasteiger partial charge in [0, 0.05) is 5.56 Å². The molecule has 0 unspecified atom stereocenters. The number of hydrogen-bond donors (Lipinski definition) is 1. The summed E-state index contributed by atoms with van der Waals surface area (Å²) in [6, 6.07) is 10.1. The van der Waals surface area contributed by atoms with E-state index in [0.29, 0.717) is 12.5 Å². The third-order valence-corrected chi connectivity index (χ3v) is 3.09. The average Bonchev–Trinajstić information content (AvgIpc) is 2.85. The van der Waals surface area contributed by atoms with Crippen LogP contribution in [0.5, 0.6) is 5.75 Å². The van der Waals surface area contributed by atoms with Gasteiger partial charge in [-0.1, -0.05) is 31.5 Å². The summed E-state index contributed by atoms with van der Waals surface area (Å²) in [7, 11) is 0. The van der Waals surface area contributed by atoms with E-state index in [2.05, 4.69) is 38.2 Å². The van der Waals surface area contributed by atoms with Gasteiger partial charge in [0.15, 0.2) is 0 Å². The SMILES string of the molecule is Cc1ccc(OCc2ccoc2CNCC(C)C)cc1. The Morgan fingerprint density at radius 3 is 2.60 bits per heavy atom. The van der Waals surface area contributed by atoms with Gasteiger partial charge in [0.05, 0.1) is 12.8 Å². The third kappa shape index (κ3) is 4.42. The maximum Gasteiger partial charge on any atom is 0.124 e. The molecule has 3 nitrogen and oxygen atoms in total. The van der Waals surface area contributed by atoms with Crippen molar-refractivity contribution >= 4 is 0 Å². The van der Waals surface area contributed by atoms with Crippen LogP contribution in [0.2, 0.25) is 0 Å². The summed E-state index contributed by atoms with van der Waals surface area (Å²) < 4.78 is 11.3. The summed E-state index contributed by atoms with van der Waals surface area (Å²) in [6.45, 7) is 8.72. The van der Waals surface area contributed by atoms with E-state index in [0.717, 1.165) is 30.2 Å². The highest BCUT2D eigenvalue weighted by molar-refractivity contribution is 5.27. The van der Waals surface area contributed by atoms with Crippen LogP contribution in [0.1, 0.15) is 30.7 Å². The van der Waals surface area contributed by atoms with Gasteiger partial charge in [-0.15, -0.1) is 0 Å². The van der Waals surface area contributed by atoms with Crippen molar-refractivity contribution in [2.45, 2.75) is 33.9 Å². The normalized spacial score (nSPS) is 11.0. The lowest BCUT2D eigenvalue weighted by molar-refractivity contribution is 0.301. The summed E-state index contributed by atoms with van der Waals surface area (Å²) in [5.74, 6) is 2.48. The van der Waals surface area contributed by atoms with Gasteiger partial charge in [0.1, 0.15) is 18.1 Å². The van der Waals surface area contributed by atoms with Crippen molar-refractivity contribution in [3.8, 4) is 5.75 Å². The van der Waals surface area contributed by atoms with Gasteiger partial charge in [0.25, 0.3) is 0 Å². The fraction of sp³-hybridized carbons (Fsp3) is 0.412. The van der Waals surface area contributed by atoms with E-state index in [4.69, 9.17) is 9.15 Å². The van der Waals surface area contributed by atoms with Crippen LogP contribution in [-0.4, -0.2) is 6.54 Å². The predicted molar refractivity (Wildman–Crippen MR) is 80.8 cm³/mol. The molecule has 0 saturated heterocycles. The van der Waals surface area contributed by atoms with Crippen LogP contribution < -0.4 is 10.1 Å². The Balaban J connectivity index is 1.86. The van der Waals surface area contributed by atoms with Crippen molar-refractivity contribution in [1.82, 2.24) is 5.32 Å². The number of aryl methyl sites for hydroxylation is 1. The van der Waals surface area contributed by atoms with Crippen LogP contribution in [0.3, 0.4) is 0 Å². The van der Waals surface area contributed by atoms with Crippen LogP contribution >= 0.6 is 0 Å². The highest BCUT2D eigenvalue weighted by atomic mass is 16.5. The summed E-state index contributed by atoms with van der Waals surface area (Å²) in [6.07, 6.45) is 1.72. The highest BCUT2D eigenvalue weighted by Crippen LogP contribution is 2.16. The van der Waals surface area contributed by atoms with E-state index in [9.17, 15) is 0 Å². The zero-order chi connectivity index (χ0) is 14.4.